The van der Waals surface area contributed by atoms with Gasteiger partial charge in [-0.1, -0.05) is 29.0 Å². The van der Waals surface area contributed by atoms with Crippen molar-refractivity contribution >= 4 is 34.4 Å². The van der Waals surface area contributed by atoms with Gasteiger partial charge in [0.1, 0.15) is 10.6 Å². The second-order valence-corrected chi connectivity index (χ2v) is 5.08. The molecule has 0 aliphatic heterocycles. The minimum Gasteiger partial charge on any atom is -0.357 e. The highest BCUT2D eigenvalue weighted by atomic mass is 35.5. The van der Waals surface area contributed by atoms with Gasteiger partial charge >= 0.3 is 6.18 Å². The van der Waals surface area contributed by atoms with E-state index in [9.17, 15) is 18.0 Å². The monoisotopic (exact) mass is 321 g/mol. The standard InChI is InChI=1S/C11H7ClF3N3OS/c12-9-7(5-19)20-10(18-9)17-4-6-1-2-8(16-3-6)11(13,14)15/h1-3,5H,4H2,(H,17,18). The topological polar surface area (TPSA) is 54.9 Å². The van der Waals surface area contributed by atoms with Crippen molar-refractivity contribution in [3.63, 3.8) is 0 Å². The molecule has 0 saturated carbocycles. The van der Waals surface area contributed by atoms with Crippen molar-refractivity contribution in [3.05, 3.63) is 39.6 Å². The lowest BCUT2D eigenvalue weighted by Gasteiger charge is -2.06. The van der Waals surface area contributed by atoms with E-state index < -0.39 is 11.9 Å². The zero-order valence-corrected chi connectivity index (χ0v) is 11.3. The molecule has 2 aromatic rings. The molecule has 9 heteroatoms. The van der Waals surface area contributed by atoms with Crippen LogP contribution in [0.3, 0.4) is 0 Å². The first-order valence-corrected chi connectivity index (χ1v) is 6.47. The lowest BCUT2D eigenvalue weighted by atomic mass is 10.2. The Morgan fingerprint density at radius 3 is 2.65 bits per heavy atom. The number of anilines is 1. The number of hydrogen-bond donors (Lipinski definition) is 1. The molecule has 0 unspecified atom stereocenters. The number of aromatic nitrogens is 2. The molecule has 20 heavy (non-hydrogen) atoms. The van der Waals surface area contributed by atoms with Crippen LogP contribution in [0.15, 0.2) is 18.3 Å². The van der Waals surface area contributed by atoms with Crippen molar-refractivity contribution in [2.24, 2.45) is 0 Å². The van der Waals surface area contributed by atoms with Crippen LogP contribution in [0.25, 0.3) is 0 Å². The number of rotatable bonds is 4. The number of thiazole rings is 1. The maximum atomic E-state index is 12.3. The third-order valence-electron chi connectivity index (χ3n) is 2.28. The van der Waals surface area contributed by atoms with Gasteiger partial charge in [0.05, 0.1) is 0 Å². The van der Waals surface area contributed by atoms with E-state index >= 15 is 0 Å². The van der Waals surface area contributed by atoms with Gasteiger partial charge in [0, 0.05) is 12.7 Å². The smallest absolute Gasteiger partial charge is 0.357 e. The number of alkyl halides is 3. The van der Waals surface area contributed by atoms with Crippen LogP contribution < -0.4 is 5.32 Å². The van der Waals surface area contributed by atoms with E-state index in [0.29, 0.717) is 21.9 Å². The summed E-state index contributed by atoms with van der Waals surface area (Å²) < 4.78 is 37.0. The number of pyridine rings is 1. The number of aldehydes is 1. The summed E-state index contributed by atoms with van der Waals surface area (Å²) in [4.78, 5) is 18.1. The van der Waals surface area contributed by atoms with Crippen LogP contribution in [0.5, 0.6) is 0 Å². The van der Waals surface area contributed by atoms with Crippen molar-refractivity contribution in [2.45, 2.75) is 12.7 Å². The summed E-state index contributed by atoms with van der Waals surface area (Å²) in [6.07, 6.45) is -2.73. The Morgan fingerprint density at radius 1 is 1.40 bits per heavy atom. The average Bonchev–Trinajstić information content (AvgIpc) is 2.76. The molecule has 0 fully saturated rings. The molecular formula is C11H7ClF3N3OS. The van der Waals surface area contributed by atoms with Gasteiger partial charge in [0.2, 0.25) is 0 Å². The highest BCUT2D eigenvalue weighted by Crippen LogP contribution is 2.28. The third-order valence-corrected chi connectivity index (χ3v) is 3.61. The van der Waals surface area contributed by atoms with Gasteiger partial charge in [0.25, 0.3) is 0 Å². The van der Waals surface area contributed by atoms with Crippen LogP contribution in [-0.4, -0.2) is 16.3 Å². The molecule has 106 valence electrons. The molecule has 0 radical (unpaired) electrons. The predicted molar refractivity (Wildman–Crippen MR) is 69.1 cm³/mol. The number of carbonyl (C=O) groups excluding carboxylic acids is 1. The predicted octanol–water partition coefficient (Wildman–Crippen LogP) is 3.63. The lowest BCUT2D eigenvalue weighted by molar-refractivity contribution is -0.141. The van der Waals surface area contributed by atoms with Gasteiger partial charge in [-0.15, -0.1) is 0 Å². The first kappa shape index (κ1) is 14.7. The van der Waals surface area contributed by atoms with Crippen LogP contribution in [0.2, 0.25) is 5.15 Å². The Hall–Kier alpha value is -1.67. The fourth-order valence-electron chi connectivity index (χ4n) is 1.34. The Balaban J connectivity index is 2.02. The summed E-state index contributed by atoms with van der Waals surface area (Å²) >= 11 is 6.75. The maximum absolute atomic E-state index is 12.3. The molecule has 0 bridgehead atoms. The first-order valence-electron chi connectivity index (χ1n) is 5.27. The largest absolute Gasteiger partial charge is 0.433 e. The summed E-state index contributed by atoms with van der Waals surface area (Å²) in [5.41, 5.74) is -0.390. The van der Waals surface area contributed by atoms with Crippen LogP contribution in [0, 0.1) is 0 Å². The van der Waals surface area contributed by atoms with Gasteiger partial charge in [-0.3, -0.25) is 9.78 Å². The molecule has 0 aliphatic rings. The minimum absolute atomic E-state index is 0.0954. The van der Waals surface area contributed by atoms with Gasteiger partial charge in [0.15, 0.2) is 16.6 Å². The zero-order valence-electron chi connectivity index (χ0n) is 9.74. The molecule has 2 heterocycles. The van der Waals surface area contributed by atoms with Crippen molar-refractivity contribution in [3.8, 4) is 0 Å². The number of nitrogens with one attached hydrogen (secondary N) is 1. The SMILES string of the molecule is O=Cc1sc(NCc2ccc(C(F)(F)F)nc2)nc1Cl. The lowest BCUT2D eigenvalue weighted by Crippen LogP contribution is -2.08. The molecule has 0 aromatic carbocycles. The van der Waals surface area contributed by atoms with E-state index in [1.807, 2.05) is 0 Å². The van der Waals surface area contributed by atoms with E-state index in [1.54, 1.807) is 0 Å². The highest BCUT2D eigenvalue weighted by molar-refractivity contribution is 7.17. The molecule has 1 N–H and O–H groups in total. The van der Waals surface area contributed by atoms with Crippen LogP contribution in [0.4, 0.5) is 18.3 Å². The Bertz CT molecular complexity index is 612. The number of nitrogens with zero attached hydrogens (tertiary/aromatic N) is 2. The number of carbonyl (C=O) groups is 1. The quantitative estimate of drug-likeness (QED) is 0.874. The molecule has 0 spiro atoms. The van der Waals surface area contributed by atoms with Gasteiger partial charge in [-0.25, -0.2) is 4.98 Å². The second kappa shape index (κ2) is 5.76. The van der Waals surface area contributed by atoms with E-state index in [2.05, 4.69) is 15.3 Å². The molecule has 2 rings (SSSR count). The average molecular weight is 322 g/mol. The van der Waals surface area contributed by atoms with E-state index in [1.165, 1.54) is 6.07 Å². The molecule has 4 nitrogen and oxygen atoms in total. The normalized spacial score (nSPS) is 11.4. The summed E-state index contributed by atoms with van der Waals surface area (Å²) in [7, 11) is 0. The first-order chi connectivity index (χ1) is 9.40. The van der Waals surface area contributed by atoms with Gasteiger partial charge in [-0.2, -0.15) is 13.2 Å². The van der Waals surface area contributed by atoms with Crippen LogP contribution >= 0.6 is 22.9 Å². The molecule has 0 aliphatic carbocycles. The zero-order chi connectivity index (χ0) is 14.8. The molecule has 2 aromatic heterocycles. The van der Waals surface area contributed by atoms with Gasteiger partial charge < -0.3 is 5.32 Å². The minimum atomic E-state index is -4.45. The van der Waals surface area contributed by atoms with Crippen LogP contribution in [0.1, 0.15) is 20.9 Å². The van der Waals surface area contributed by atoms with Crippen molar-refractivity contribution in [2.75, 3.05) is 5.32 Å². The molecule has 0 saturated heterocycles. The summed E-state index contributed by atoms with van der Waals surface area (Å²) in [6.45, 7) is 0.229. The van der Waals surface area contributed by atoms with E-state index in [-0.39, 0.29) is 11.7 Å². The highest BCUT2D eigenvalue weighted by Gasteiger charge is 2.31. The van der Waals surface area contributed by atoms with Gasteiger partial charge in [-0.05, 0) is 11.6 Å². The molecule has 0 atom stereocenters. The second-order valence-electron chi connectivity index (χ2n) is 3.69. The Morgan fingerprint density at radius 2 is 2.15 bits per heavy atom. The van der Waals surface area contributed by atoms with Crippen molar-refractivity contribution in [1.82, 2.24) is 9.97 Å². The maximum Gasteiger partial charge on any atom is 0.433 e. The Kier molecular flexibility index (Phi) is 4.24. The third kappa shape index (κ3) is 3.45. The fourth-order valence-corrected chi connectivity index (χ4v) is 2.30. The number of hydrogen-bond acceptors (Lipinski definition) is 5. The summed E-state index contributed by atoms with van der Waals surface area (Å²) in [5.74, 6) is 0. The molecular weight excluding hydrogens is 315 g/mol. The summed E-state index contributed by atoms with van der Waals surface area (Å²) in [6, 6.07) is 2.22. The van der Waals surface area contributed by atoms with E-state index in [4.69, 9.17) is 11.6 Å². The summed E-state index contributed by atoms with van der Waals surface area (Å²) in [5, 5.41) is 3.37. The van der Waals surface area contributed by atoms with Crippen molar-refractivity contribution < 1.29 is 18.0 Å². The van der Waals surface area contributed by atoms with Crippen molar-refractivity contribution in [1.29, 1.82) is 0 Å². The molecule has 0 amide bonds. The van der Waals surface area contributed by atoms with E-state index in [0.717, 1.165) is 23.6 Å². The number of halogens is 4. The Labute approximate surface area is 120 Å². The fraction of sp³-hybridized carbons (Fsp3) is 0.182. The van der Waals surface area contributed by atoms with Crippen LogP contribution in [-0.2, 0) is 12.7 Å².